The quantitative estimate of drug-likeness (QED) is 0.280. The highest BCUT2D eigenvalue weighted by Crippen LogP contribution is 2.59. The highest BCUT2D eigenvalue weighted by Gasteiger charge is 2.52. The molecule has 0 radical (unpaired) electrons. The second-order valence-corrected chi connectivity index (χ2v) is 15.1. The van der Waals surface area contributed by atoms with Gasteiger partial charge in [0.15, 0.2) is 0 Å². The van der Waals surface area contributed by atoms with E-state index in [1.807, 2.05) is 0 Å². The fourth-order valence-corrected chi connectivity index (χ4v) is 9.32. The molecule has 1 nitrogen and oxygen atoms in total. The van der Waals surface area contributed by atoms with Crippen LogP contribution in [0.25, 0.3) is 0 Å². The van der Waals surface area contributed by atoms with Crippen LogP contribution in [-0.2, 0) is 17.6 Å². The monoisotopic (exact) mass is 518 g/mol. The number of aryl methyl sites for hydroxylation is 1. The van der Waals surface area contributed by atoms with E-state index >= 15 is 0 Å². The summed E-state index contributed by atoms with van der Waals surface area (Å²) in [4.78, 5) is 0. The van der Waals surface area contributed by atoms with Gasteiger partial charge in [-0.2, -0.15) is 0 Å². The number of benzene rings is 1. The van der Waals surface area contributed by atoms with Crippen LogP contribution in [-0.4, -0.2) is 12.2 Å². The first-order valence-corrected chi connectivity index (χ1v) is 16.6. The molecule has 2 saturated carbocycles. The van der Waals surface area contributed by atoms with Crippen LogP contribution < -0.4 is 0 Å². The lowest BCUT2D eigenvalue weighted by molar-refractivity contribution is -0.0932. The predicted molar refractivity (Wildman–Crippen MR) is 162 cm³/mol. The normalized spacial score (nSPS) is 37.1. The van der Waals surface area contributed by atoms with Crippen molar-refractivity contribution in [1.29, 1.82) is 0 Å². The molecule has 4 aliphatic rings. The number of hydrogen-bond donors (Lipinski definition) is 0. The van der Waals surface area contributed by atoms with E-state index in [1.54, 1.807) is 0 Å². The number of allylic oxidation sites excluding steroid dienone is 2. The van der Waals surface area contributed by atoms with Crippen LogP contribution in [0.5, 0.6) is 0 Å². The van der Waals surface area contributed by atoms with Gasteiger partial charge in [0, 0.05) is 0 Å². The lowest BCUT2D eigenvalue weighted by Crippen LogP contribution is -2.50. The average molecular weight is 519 g/mol. The molecule has 1 aromatic rings. The van der Waals surface area contributed by atoms with Crippen LogP contribution >= 0.6 is 0 Å². The highest BCUT2D eigenvalue weighted by molar-refractivity contribution is 5.36. The molecule has 0 N–H and O–H groups in total. The summed E-state index contributed by atoms with van der Waals surface area (Å²) in [5.74, 6) is 5.98. The van der Waals surface area contributed by atoms with E-state index < -0.39 is 0 Å². The van der Waals surface area contributed by atoms with Crippen molar-refractivity contribution in [2.45, 2.75) is 137 Å². The van der Waals surface area contributed by atoms with Crippen LogP contribution in [0.4, 0.5) is 0 Å². The van der Waals surface area contributed by atoms with E-state index in [9.17, 15) is 0 Å². The zero-order valence-electron chi connectivity index (χ0n) is 25.7. The Balaban J connectivity index is 1.15. The van der Waals surface area contributed by atoms with Gasteiger partial charge in [0.2, 0.25) is 0 Å². The Labute approximate surface area is 235 Å². The van der Waals surface area contributed by atoms with E-state index in [0.29, 0.717) is 23.5 Å². The molecule has 212 valence electrons. The Bertz CT molecular complexity index is 944. The lowest BCUT2D eigenvalue weighted by Gasteiger charge is -2.57. The predicted octanol–water partition coefficient (Wildman–Crippen LogP) is 10.1. The SMILES string of the molecule is Cc1ccc2c(c1)CC(O[C@@H]1CC[C@]3(C)C(C=C[C@@H]4[C@@H](CCC[C@@H](C)CCCC(C)C)[C@@H](C)CC[C@H]43)C1)C2. The van der Waals surface area contributed by atoms with Crippen LogP contribution in [0.2, 0.25) is 0 Å². The van der Waals surface area contributed by atoms with E-state index in [-0.39, 0.29) is 0 Å². The maximum absolute atomic E-state index is 6.83. The first-order valence-electron chi connectivity index (χ1n) is 16.6. The Morgan fingerprint density at radius 2 is 1.71 bits per heavy atom. The molecule has 0 heterocycles. The maximum Gasteiger partial charge on any atom is 0.0659 e. The van der Waals surface area contributed by atoms with Crippen molar-refractivity contribution < 1.29 is 4.74 Å². The summed E-state index contributed by atoms with van der Waals surface area (Å²) in [7, 11) is 0. The molecule has 0 saturated heterocycles. The minimum atomic E-state index is 0.397. The van der Waals surface area contributed by atoms with Crippen LogP contribution in [0, 0.1) is 53.8 Å². The summed E-state index contributed by atoms with van der Waals surface area (Å²) in [6, 6.07) is 6.99. The van der Waals surface area contributed by atoms with Gasteiger partial charge < -0.3 is 4.74 Å². The van der Waals surface area contributed by atoms with Crippen molar-refractivity contribution in [1.82, 2.24) is 0 Å². The lowest BCUT2D eigenvalue weighted by atomic mass is 9.49. The minimum Gasteiger partial charge on any atom is -0.374 e. The molecule has 1 heteroatoms. The van der Waals surface area contributed by atoms with Crippen molar-refractivity contribution in [3.8, 4) is 0 Å². The van der Waals surface area contributed by atoms with Gasteiger partial charge in [-0.3, -0.25) is 0 Å². The average Bonchev–Trinajstić information content (AvgIpc) is 3.26. The number of hydrogen-bond acceptors (Lipinski definition) is 1. The molecule has 2 fully saturated rings. The molecule has 0 bridgehead atoms. The Hall–Kier alpha value is -1.08. The third-order valence-electron chi connectivity index (χ3n) is 11.8. The third kappa shape index (κ3) is 6.29. The van der Waals surface area contributed by atoms with Gasteiger partial charge in [-0.25, -0.2) is 0 Å². The standard InChI is InChI=1S/C37H58O/c1-25(2)9-7-10-26(3)11-8-12-34-28(5)14-18-36-35(34)17-16-31-24-32(19-20-37(31,36)6)38-33-22-29-15-13-27(4)21-30(29)23-33/h13,15-17,21,25-26,28,31-36H,7-12,14,18-20,22-24H2,1-6H3/t26-,28-,31?,32+,33?,34-,35+,36+,37+/m0/s1. The van der Waals surface area contributed by atoms with Crippen molar-refractivity contribution >= 4 is 0 Å². The number of ether oxygens (including phenoxy) is 1. The van der Waals surface area contributed by atoms with Gasteiger partial charge in [0.1, 0.15) is 0 Å². The number of rotatable bonds is 10. The Kier molecular flexibility index (Phi) is 9.13. The van der Waals surface area contributed by atoms with Crippen molar-refractivity contribution in [3.63, 3.8) is 0 Å². The van der Waals surface area contributed by atoms with Crippen molar-refractivity contribution in [2.75, 3.05) is 0 Å². The van der Waals surface area contributed by atoms with Crippen molar-refractivity contribution in [3.05, 3.63) is 47.0 Å². The molecule has 2 unspecified atom stereocenters. The minimum absolute atomic E-state index is 0.397. The summed E-state index contributed by atoms with van der Waals surface area (Å²) in [6.45, 7) is 14.7. The second kappa shape index (κ2) is 12.2. The van der Waals surface area contributed by atoms with Gasteiger partial charge in [0.05, 0.1) is 12.2 Å². The van der Waals surface area contributed by atoms with Crippen molar-refractivity contribution in [2.24, 2.45) is 46.8 Å². The Morgan fingerprint density at radius 1 is 0.921 bits per heavy atom. The smallest absolute Gasteiger partial charge is 0.0659 e. The molecule has 38 heavy (non-hydrogen) atoms. The molecule has 0 spiro atoms. The first kappa shape index (κ1) is 28.4. The van der Waals surface area contributed by atoms with Crippen LogP contribution in [0.1, 0.15) is 122 Å². The molecular formula is C37H58O. The summed E-state index contributed by atoms with van der Waals surface area (Å²) in [5.41, 5.74) is 4.92. The van der Waals surface area contributed by atoms with E-state index in [1.165, 1.54) is 87.3 Å². The largest absolute Gasteiger partial charge is 0.374 e. The molecule has 0 amide bonds. The van der Waals surface area contributed by atoms with E-state index in [2.05, 4.69) is 71.9 Å². The molecule has 9 atom stereocenters. The van der Waals surface area contributed by atoms with Gasteiger partial charge in [-0.15, -0.1) is 0 Å². The first-order chi connectivity index (χ1) is 18.2. The molecule has 0 aromatic heterocycles. The third-order valence-corrected chi connectivity index (χ3v) is 11.8. The molecule has 5 rings (SSSR count). The zero-order chi connectivity index (χ0) is 26.9. The van der Waals surface area contributed by atoms with Gasteiger partial charge in [-0.1, -0.05) is 109 Å². The fraction of sp³-hybridized carbons (Fsp3) is 0.784. The second-order valence-electron chi connectivity index (χ2n) is 15.1. The summed E-state index contributed by atoms with van der Waals surface area (Å²) in [5, 5.41) is 0. The van der Waals surface area contributed by atoms with Crippen LogP contribution in [0.15, 0.2) is 30.4 Å². The van der Waals surface area contributed by atoms with Gasteiger partial charge in [-0.05, 0) is 110 Å². The van der Waals surface area contributed by atoms with Gasteiger partial charge in [0.25, 0.3) is 0 Å². The molecular weight excluding hydrogens is 460 g/mol. The van der Waals surface area contributed by atoms with Gasteiger partial charge >= 0.3 is 0 Å². The van der Waals surface area contributed by atoms with E-state index in [4.69, 9.17) is 4.74 Å². The fourth-order valence-electron chi connectivity index (χ4n) is 9.32. The maximum atomic E-state index is 6.83. The van der Waals surface area contributed by atoms with E-state index in [0.717, 1.165) is 48.3 Å². The molecule has 1 aromatic carbocycles. The molecule has 4 aliphatic carbocycles. The zero-order valence-corrected chi connectivity index (χ0v) is 25.7. The highest BCUT2D eigenvalue weighted by atomic mass is 16.5. The molecule has 0 aliphatic heterocycles. The number of fused-ring (bicyclic) bond motifs is 4. The summed E-state index contributed by atoms with van der Waals surface area (Å²) < 4.78 is 6.83. The van der Waals surface area contributed by atoms with Crippen LogP contribution in [0.3, 0.4) is 0 Å². The Morgan fingerprint density at radius 3 is 2.53 bits per heavy atom. The topological polar surface area (TPSA) is 9.23 Å². The summed E-state index contributed by atoms with van der Waals surface area (Å²) in [6.07, 6.45) is 23.8. The summed E-state index contributed by atoms with van der Waals surface area (Å²) >= 11 is 0.